The van der Waals surface area contributed by atoms with Crippen molar-refractivity contribution in [3.05, 3.63) is 58.4 Å². The fraction of sp³-hybridized carbons (Fsp3) is 0.300. The van der Waals surface area contributed by atoms with Crippen LogP contribution in [0.15, 0.2) is 52.2 Å². The average molecular weight is 398 g/mol. The molecule has 0 unspecified atom stereocenters. The van der Waals surface area contributed by atoms with Crippen LogP contribution in [0.3, 0.4) is 0 Å². The molecule has 0 amide bonds. The molecule has 3 aromatic rings. The average Bonchev–Trinajstić information content (AvgIpc) is 2.69. The summed E-state index contributed by atoms with van der Waals surface area (Å²) in [4.78, 5) is 14.5. The maximum absolute atomic E-state index is 13.2. The second kappa shape index (κ2) is 7.12. The van der Waals surface area contributed by atoms with Gasteiger partial charge < -0.3 is 4.90 Å². The van der Waals surface area contributed by atoms with Crippen molar-refractivity contribution in [2.45, 2.75) is 11.8 Å². The summed E-state index contributed by atoms with van der Waals surface area (Å²) >= 11 is 0. The van der Waals surface area contributed by atoms with Crippen LogP contribution in [0, 0.1) is 6.92 Å². The van der Waals surface area contributed by atoms with E-state index in [1.807, 2.05) is 25.2 Å². The molecule has 1 aliphatic rings. The van der Waals surface area contributed by atoms with Gasteiger partial charge in [0.1, 0.15) is 0 Å². The largest absolute Gasteiger partial charge is 0.304 e. The molecule has 1 fully saturated rings. The third-order valence-electron chi connectivity index (χ3n) is 5.24. The molecular formula is C20H22N4O3S. The van der Waals surface area contributed by atoms with E-state index in [0.717, 1.165) is 0 Å². The number of rotatable bonds is 3. The first-order chi connectivity index (χ1) is 13.4. The van der Waals surface area contributed by atoms with Crippen LogP contribution < -0.4 is 5.56 Å². The second-order valence-electron chi connectivity index (χ2n) is 7.13. The highest BCUT2D eigenvalue weighted by atomic mass is 32.2. The zero-order valence-electron chi connectivity index (χ0n) is 15.8. The molecule has 146 valence electrons. The summed E-state index contributed by atoms with van der Waals surface area (Å²) in [5, 5.41) is 7.93. The van der Waals surface area contributed by atoms with Crippen LogP contribution in [-0.4, -0.2) is 61.0 Å². The molecule has 1 aliphatic heterocycles. The third kappa shape index (κ3) is 3.23. The number of hydrogen-bond donors (Lipinski definition) is 1. The van der Waals surface area contributed by atoms with Crippen LogP contribution in [0.2, 0.25) is 0 Å². The van der Waals surface area contributed by atoms with Gasteiger partial charge in [0.05, 0.1) is 16.0 Å². The van der Waals surface area contributed by atoms with Gasteiger partial charge in [-0.05, 0) is 31.7 Å². The number of nitrogens with one attached hydrogen (secondary N) is 1. The predicted molar refractivity (Wildman–Crippen MR) is 109 cm³/mol. The quantitative estimate of drug-likeness (QED) is 0.727. The highest BCUT2D eigenvalue weighted by Gasteiger charge is 2.29. The van der Waals surface area contributed by atoms with Gasteiger partial charge in [0, 0.05) is 37.1 Å². The highest BCUT2D eigenvalue weighted by molar-refractivity contribution is 7.89. The molecule has 0 atom stereocenters. The Bertz CT molecular complexity index is 1200. The Hall–Kier alpha value is -2.55. The lowest BCUT2D eigenvalue weighted by atomic mass is 10.0. The van der Waals surface area contributed by atoms with Gasteiger partial charge in [-0.25, -0.2) is 13.5 Å². The summed E-state index contributed by atoms with van der Waals surface area (Å²) in [5.41, 5.74) is 1.64. The fourth-order valence-corrected chi connectivity index (χ4v) is 5.20. The first-order valence-electron chi connectivity index (χ1n) is 9.15. The lowest BCUT2D eigenvalue weighted by molar-refractivity contribution is 0.222. The number of hydrogen-bond acceptors (Lipinski definition) is 5. The summed E-state index contributed by atoms with van der Waals surface area (Å²) in [5.74, 6) is 0. The van der Waals surface area contributed by atoms with Crippen LogP contribution in [0.1, 0.15) is 5.56 Å². The third-order valence-corrected chi connectivity index (χ3v) is 7.28. The molecule has 0 bridgehead atoms. The Balaban J connectivity index is 1.83. The molecule has 1 N–H and O–H groups in total. The molecule has 1 saturated heterocycles. The maximum Gasteiger partial charge on any atom is 0.272 e. The summed E-state index contributed by atoms with van der Waals surface area (Å²) in [6, 6.07) is 12.5. The standard InChI is InChI=1S/C20H22N4O3S/c1-14-7-8-15(19-16-5-3-4-6-17(16)20(25)22-21-19)13-18(14)28(26,27)24-11-9-23(2)10-12-24/h3-8,13H,9-12H2,1-2H3,(H,22,25). The summed E-state index contributed by atoms with van der Waals surface area (Å²) in [6.45, 7) is 4.17. The number of likely N-dealkylation sites (N-methyl/N-ethyl adjacent to an activating group) is 1. The molecule has 8 heteroatoms. The Morgan fingerprint density at radius 1 is 1.00 bits per heavy atom. The van der Waals surface area contributed by atoms with Crippen molar-refractivity contribution < 1.29 is 8.42 Å². The van der Waals surface area contributed by atoms with Crippen LogP contribution in [0.5, 0.6) is 0 Å². The van der Waals surface area contributed by atoms with Crippen molar-refractivity contribution >= 4 is 20.8 Å². The summed E-state index contributed by atoms with van der Waals surface area (Å²) in [6.07, 6.45) is 0. The normalized spacial score (nSPS) is 16.5. The predicted octanol–water partition coefficient (Wildman–Crippen LogP) is 1.83. The van der Waals surface area contributed by atoms with Crippen LogP contribution >= 0.6 is 0 Å². The smallest absolute Gasteiger partial charge is 0.272 e. The number of H-pyrrole nitrogens is 1. The van der Waals surface area contributed by atoms with E-state index in [9.17, 15) is 13.2 Å². The molecule has 7 nitrogen and oxygen atoms in total. The number of aromatic amines is 1. The number of aromatic nitrogens is 2. The molecule has 28 heavy (non-hydrogen) atoms. The van der Waals surface area contributed by atoms with Crippen molar-refractivity contribution in [2.24, 2.45) is 0 Å². The van der Waals surface area contributed by atoms with Crippen LogP contribution in [0.25, 0.3) is 22.0 Å². The van der Waals surface area contributed by atoms with E-state index < -0.39 is 10.0 Å². The number of piperazine rings is 1. The first-order valence-corrected chi connectivity index (χ1v) is 10.6. The number of sulfonamides is 1. The Kier molecular flexibility index (Phi) is 4.78. The molecule has 0 spiro atoms. The monoisotopic (exact) mass is 398 g/mol. The van der Waals surface area contributed by atoms with Gasteiger partial charge in [-0.2, -0.15) is 9.40 Å². The number of nitrogens with zero attached hydrogens (tertiary/aromatic N) is 3. The molecule has 4 rings (SSSR count). The maximum atomic E-state index is 13.2. The van der Waals surface area contributed by atoms with E-state index in [1.165, 1.54) is 4.31 Å². The first kappa shape index (κ1) is 18.8. The van der Waals surface area contributed by atoms with Crippen molar-refractivity contribution in [1.82, 2.24) is 19.4 Å². The Labute approximate surface area is 163 Å². The summed E-state index contributed by atoms with van der Waals surface area (Å²) in [7, 11) is -1.61. The number of benzene rings is 2. The summed E-state index contributed by atoms with van der Waals surface area (Å²) < 4.78 is 28.0. The lowest BCUT2D eigenvalue weighted by Crippen LogP contribution is -2.47. The Morgan fingerprint density at radius 2 is 1.68 bits per heavy atom. The number of aryl methyl sites for hydroxylation is 1. The molecule has 2 aromatic carbocycles. The van der Waals surface area contributed by atoms with Gasteiger partial charge in [-0.15, -0.1) is 0 Å². The molecule has 0 radical (unpaired) electrons. The van der Waals surface area contributed by atoms with E-state index in [-0.39, 0.29) is 10.5 Å². The zero-order valence-corrected chi connectivity index (χ0v) is 16.7. The minimum Gasteiger partial charge on any atom is -0.304 e. The minimum atomic E-state index is -3.60. The van der Waals surface area contributed by atoms with Gasteiger partial charge >= 0.3 is 0 Å². The highest BCUT2D eigenvalue weighted by Crippen LogP contribution is 2.29. The van der Waals surface area contributed by atoms with E-state index in [2.05, 4.69) is 15.1 Å². The van der Waals surface area contributed by atoms with Crippen molar-refractivity contribution in [2.75, 3.05) is 33.2 Å². The van der Waals surface area contributed by atoms with Crippen LogP contribution in [0.4, 0.5) is 0 Å². The van der Waals surface area contributed by atoms with E-state index in [1.54, 1.807) is 31.2 Å². The lowest BCUT2D eigenvalue weighted by Gasteiger charge is -2.32. The van der Waals surface area contributed by atoms with E-state index in [4.69, 9.17) is 0 Å². The van der Waals surface area contributed by atoms with Crippen molar-refractivity contribution in [3.63, 3.8) is 0 Å². The van der Waals surface area contributed by atoms with Gasteiger partial charge in [-0.3, -0.25) is 4.79 Å². The van der Waals surface area contributed by atoms with Crippen molar-refractivity contribution in [1.29, 1.82) is 0 Å². The van der Waals surface area contributed by atoms with Gasteiger partial charge in [0.15, 0.2) is 0 Å². The molecule has 0 saturated carbocycles. The second-order valence-corrected chi connectivity index (χ2v) is 9.04. The molecule has 2 heterocycles. The SMILES string of the molecule is Cc1ccc(-c2n[nH]c(=O)c3ccccc23)cc1S(=O)(=O)N1CCN(C)CC1. The van der Waals surface area contributed by atoms with Crippen molar-refractivity contribution in [3.8, 4) is 11.3 Å². The van der Waals surface area contributed by atoms with E-state index in [0.29, 0.717) is 53.8 Å². The molecular weight excluding hydrogens is 376 g/mol. The fourth-order valence-electron chi connectivity index (χ4n) is 3.53. The number of fused-ring (bicyclic) bond motifs is 1. The molecule has 1 aromatic heterocycles. The van der Waals surface area contributed by atoms with E-state index >= 15 is 0 Å². The minimum absolute atomic E-state index is 0.267. The zero-order chi connectivity index (χ0) is 19.9. The van der Waals surface area contributed by atoms with Gasteiger partial charge in [-0.1, -0.05) is 30.3 Å². The molecule has 0 aliphatic carbocycles. The van der Waals surface area contributed by atoms with Crippen LogP contribution in [-0.2, 0) is 10.0 Å². The van der Waals surface area contributed by atoms with Gasteiger partial charge in [0.25, 0.3) is 5.56 Å². The Morgan fingerprint density at radius 3 is 2.39 bits per heavy atom. The topological polar surface area (TPSA) is 86.4 Å². The van der Waals surface area contributed by atoms with Gasteiger partial charge in [0.2, 0.25) is 10.0 Å².